The largest absolute Gasteiger partial charge is 0.479 e. The van der Waals surface area contributed by atoms with Gasteiger partial charge in [0.05, 0.1) is 0 Å². The van der Waals surface area contributed by atoms with Crippen LogP contribution in [0.5, 0.6) is 0 Å². The summed E-state index contributed by atoms with van der Waals surface area (Å²) >= 11 is 0. The summed E-state index contributed by atoms with van der Waals surface area (Å²) in [6.07, 6.45) is 3.49. The molecule has 4 N–H and O–H groups in total. The molecule has 18 heavy (non-hydrogen) atoms. The Morgan fingerprint density at radius 3 is 2.61 bits per heavy atom. The first kappa shape index (κ1) is 13.1. The molecule has 1 saturated carbocycles. The molecule has 1 aromatic carbocycles. The first-order chi connectivity index (χ1) is 8.59. The van der Waals surface area contributed by atoms with Gasteiger partial charge in [0.25, 0.3) is 0 Å². The van der Waals surface area contributed by atoms with Crippen molar-refractivity contribution in [2.24, 2.45) is 11.7 Å². The predicted molar refractivity (Wildman–Crippen MR) is 67.8 cm³/mol. The van der Waals surface area contributed by atoms with Crippen LogP contribution in [-0.2, 0) is 16.9 Å². The maximum absolute atomic E-state index is 11.5. The van der Waals surface area contributed by atoms with Crippen LogP contribution in [0.4, 0.5) is 0 Å². The van der Waals surface area contributed by atoms with E-state index in [0.29, 0.717) is 12.1 Å². The lowest BCUT2D eigenvalue weighted by Crippen LogP contribution is -2.42. The summed E-state index contributed by atoms with van der Waals surface area (Å²) in [5.41, 5.74) is 5.07. The zero-order valence-electron chi connectivity index (χ0n) is 10.3. The Hall–Kier alpha value is -1.39. The molecule has 0 spiro atoms. The molecule has 0 saturated heterocycles. The second kappa shape index (κ2) is 5.08. The van der Waals surface area contributed by atoms with Crippen LogP contribution in [0.2, 0.25) is 0 Å². The van der Waals surface area contributed by atoms with Crippen molar-refractivity contribution < 1.29 is 15.0 Å². The molecule has 1 aliphatic rings. The Kier molecular flexibility index (Phi) is 3.68. The van der Waals surface area contributed by atoms with Crippen molar-refractivity contribution in [1.29, 1.82) is 0 Å². The summed E-state index contributed by atoms with van der Waals surface area (Å²) in [4.78, 5) is 11.5. The van der Waals surface area contributed by atoms with E-state index in [1.54, 1.807) is 18.2 Å². The van der Waals surface area contributed by atoms with Gasteiger partial charge < -0.3 is 15.9 Å². The van der Waals surface area contributed by atoms with Crippen molar-refractivity contribution >= 4 is 5.97 Å². The Bertz CT molecular complexity index is 440. The monoisotopic (exact) mass is 249 g/mol. The predicted octanol–water partition coefficient (Wildman–Crippen LogP) is 1.61. The Labute approximate surface area is 106 Å². The molecule has 2 rings (SSSR count). The third-order valence-corrected chi connectivity index (χ3v) is 3.87. The number of carboxylic acids is 1. The van der Waals surface area contributed by atoms with E-state index in [0.717, 1.165) is 31.2 Å². The van der Waals surface area contributed by atoms with Gasteiger partial charge in [0, 0.05) is 12.5 Å². The lowest BCUT2D eigenvalue weighted by atomic mass is 9.79. The van der Waals surface area contributed by atoms with E-state index in [9.17, 15) is 15.0 Å². The van der Waals surface area contributed by atoms with Gasteiger partial charge in [-0.25, -0.2) is 4.79 Å². The number of aliphatic carboxylic acids is 1. The van der Waals surface area contributed by atoms with Crippen molar-refractivity contribution in [3.63, 3.8) is 0 Å². The highest BCUT2D eigenvalue weighted by molar-refractivity contribution is 5.79. The molecule has 4 heteroatoms. The molecule has 1 atom stereocenters. The second-order valence-corrected chi connectivity index (χ2v) is 4.96. The highest BCUT2D eigenvalue weighted by atomic mass is 16.4. The van der Waals surface area contributed by atoms with Gasteiger partial charge in [0.15, 0.2) is 5.60 Å². The van der Waals surface area contributed by atoms with Crippen LogP contribution in [0.25, 0.3) is 0 Å². The number of hydrogen-bond donors (Lipinski definition) is 3. The maximum Gasteiger partial charge on any atom is 0.340 e. The van der Waals surface area contributed by atoms with Crippen molar-refractivity contribution in [2.45, 2.75) is 37.8 Å². The number of carboxylic acid groups (broad SMARTS) is 1. The van der Waals surface area contributed by atoms with Crippen LogP contribution < -0.4 is 5.73 Å². The van der Waals surface area contributed by atoms with E-state index >= 15 is 0 Å². The minimum absolute atomic E-state index is 0.206. The van der Waals surface area contributed by atoms with Crippen LogP contribution in [0.1, 0.15) is 36.8 Å². The van der Waals surface area contributed by atoms with Gasteiger partial charge in [-0.3, -0.25) is 0 Å². The Balaban J connectivity index is 2.42. The zero-order valence-corrected chi connectivity index (χ0v) is 10.3. The quantitative estimate of drug-likeness (QED) is 0.757. The number of nitrogens with two attached hydrogens (primary N) is 1. The minimum atomic E-state index is -1.78. The molecule has 0 aromatic heterocycles. The number of aliphatic hydroxyl groups is 1. The number of benzene rings is 1. The maximum atomic E-state index is 11.5. The van der Waals surface area contributed by atoms with Crippen LogP contribution in [0, 0.1) is 5.92 Å². The van der Waals surface area contributed by atoms with Gasteiger partial charge in [-0.05, 0) is 24.0 Å². The normalized spacial score (nSPS) is 19.7. The van der Waals surface area contributed by atoms with Crippen molar-refractivity contribution in [3.05, 3.63) is 35.4 Å². The van der Waals surface area contributed by atoms with Crippen molar-refractivity contribution in [1.82, 2.24) is 0 Å². The molecule has 0 radical (unpaired) electrons. The van der Waals surface area contributed by atoms with E-state index in [-0.39, 0.29) is 5.92 Å². The fourth-order valence-electron chi connectivity index (χ4n) is 2.81. The minimum Gasteiger partial charge on any atom is -0.479 e. The zero-order chi connectivity index (χ0) is 13.2. The van der Waals surface area contributed by atoms with Gasteiger partial charge in [-0.2, -0.15) is 0 Å². The molecule has 4 nitrogen and oxygen atoms in total. The van der Waals surface area contributed by atoms with E-state index in [1.165, 1.54) is 0 Å². The third kappa shape index (κ3) is 2.13. The van der Waals surface area contributed by atoms with Crippen LogP contribution in [-0.4, -0.2) is 16.2 Å². The number of carbonyl (C=O) groups is 1. The average molecular weight is 249 g/mol. The van der Waals surface area contributed by atoms with Crippen LogP contribution in [0.15, 0.2) is 24.3 Å². The van der Waals surface area contributed by atoms with Gasteiger partial charge >= 0.3 is 5.97 Å². The molecule has 0 heterocycles. The molecular weight excluding hydrogens is 230 g/mol. The highest BCUT2D eigenvalue weighted by Crippen LogP contribution is 2.41. The topological polar surface area (TPSA) is 83.5 Å². The second-order valence-electron chi connectivity index (χ2n) is 4.96. The Morgan fingerprint density at radius 2 is 2.06 bits per heavy atom. The summed E-state index contributed by atoms with van der Waals surface area (Å²) in [5, 5.41) is 20.1. The van der Waals surface area contributed by atoms with E-state index in [2.05, 4.69) is 0 Å². The first-order valence-corrected chi connectivity index (χ1v) is 6.34. The SMILES string of the molecule is NCc1cccc(C(O)(C(=O)O)C2CCCC2)c1. The third-order valence-electron chi connectivity index (χ3n) is 3.87. The van der Waals surface area contributed by atoms with E-state index < -0.39 is 11.6 Å². The summed E-state index contributed by atoms with van der Waals surface area (Å²) < 4.78 is 0. The fraction of sp³-hybridized carbons (Fsp3) is 0.500. The molecule has 98 valence electrons. The summed E-state index contributed by atoms with van der Waals surface area (Å²) in [7, 11) is 0. The molecule has 0 aliphatic heterocycles. The molecular formula is C14H19NO3. The molecule has 0 amide bonds. The van der Waals surface area contributed by atoms with Gasteiger partial charge in [-0.1, -0.05) is 37.1 Å². The number of hydrogen-bond acceptors (Lipinski definition) is 3. The van der Waals surface area contributed by atoms with E-state index in [4.69, 9.17) is 5.73 Å². The lowest BCUT2D eigenvalue weighted by molar-refractivity contribution is -0.166. The van der Waals surface area contributed by atoms with Gasteiger partial charge in [-0.15, -0.1) is 0 Å². The fourth-order valence-corrected chi connectivity index (χ4v) is 2.81. The summed E-state index contributed by atoms with van der Waals surface area (Å²) in [6, 6.07) is 6.96. The van der Waals surface area contributed by atoms with Crippen molar-refractivity contribution in [3.8, 4) is 0 Å². The molecule has 1 aliphatic carbocycles. The molecule has 1 aromatic rings. The van der Waals surface area contributed by atoms with E-state index in [1.807, 2.05) is 6.07 Å². The van der Waals surface area contributed by atoms with Crippen LogP contribution in [0.3, 0.4) is 0 Å². The average Bonchev–Trinajstić information content (AvgIpc) is 2.91. The standard InChI is InChI=1S/C14H19NO3/c15-9-10-4-3-7-12(8-10)14(18,13(16)17)11-5-1-2-6-11/h3-4,7-8,11,18H,1-2,5-6,9,15H2,(H,16,17). The molecule has 1 fully saturated rings. The molecule has 1 unspecified atom stereocenters. The first-order valence-electron chi connectivity index (χ1n) is 6.34. The van der Waals surface area contributed by atoms with Gasteiger partial charge in [0.1, 0.15) is 0 Å². The van der Waals surface area contributed by atoms with Crippen molar-refractivity contribution in [2.75, 3.05) is 0 Å². The molecule has 0 bridgehead atoms. The summed E-state index contributed by atoms with van der Waals surface area (Å²) in [6.45, 7) is 0.341. The van der Waals surface area contributed by atoms with Crippen LogP contribution >= 0.6 is 0 Å². The smallest absolute Gasteiger partial charge is 0.340 e. The highest BCUT2D eigenvalue weighted by Gasteiger charge is 2.46. The van der Waals surface area contributed by atoms with Gasteiger partial charge in [0.2, 0.25) is 0 Å². The summed E-state index contributed by atoms with van der Waals surface area (Å²) in [5.74, 6) is -1.37. The number of rotatable bonds is 4. The Morgan fingerprint density at radius 1 is 1.39 bits per heavy atom. The lowest BCUT2D eigenvalue weighted by Gasteiger charge is -2.30.